The van der Waals surface area contributed by atoms with Crippen molar-refractivity contribution >= 4 is 5.97 Å². The van der Waals surface area contributed by atoms with E-state index in [9.17, 15) is 4.79 Å². The molecule has 1 aliphatic heterocycles. The normalized spacial score (nSPS) is 17.9. The lowest BCUT2D eigenvalue weighted by atomic mass is 10.2. The van der Waals surface area contributed by atoms with Crippen LogP contribution in [0.3, 0.4) is 0 Å². The van der Waals surface area contributed by atoms with Crippen LogP contribution in [0.2, 0.25) is 0 Å². The largest absolute Gasteiger partial charge is 0.364 e. The minimum Gasteiger partial charge on any atom is -0.364 e. The Labute approximate surface area is 102 Å². The first kappa shape index (κ1) is 12.1. The van der Waals surface area contributed by atoms with E-state index in [1.165, 1.54) is 0 Å². The van der Waals surface area contributed by atoms with Crippen molar-refractivity contribution in [2.75, 3.05) is 32.7 Å². The SMILES string of the molecule is CCN1CCN(OC(=O)c2ccccc2)CC1. The molecule has 1 aliphatic rings. The summed E-state index contributed by atoms with van der Waals surface area (Å²) >= 11 is 0. The van der Waals surface area contributed by atoms with Gasteiger partial charge in [0.1, 0.15) is 0 Å². The van der Waals surface area contributed by atoms with Gasteiger partial charge in [-0.3, -0.25) is 0 Å². The zero-order valence-electron chi connectivity index (χ0n) is 10.1. The lowest BCUT2D eigenvalue weighted by molar-refractivity contribution is -0.129. The number of hydroxylamine groups is 2. The number of nitrogens with zero attached hydrogens (tertiary/aromatic N) is 2. The molecule has 0 saturated carbocycles. The van der Waals surface area contributed by atoms with E-state index in [2.05, 4.69) is 11.8 Å². The third-order valence-electron chi connectivity index (χ3n) is 3.00. The zero-order valence-corrected chi connectivity index (χ0v) is 10.1. The fourth-order valence-electron chi connectivity index (χ4n) is 1.88. The van der Waals surface area contributed by atoms with Gasteiger partial charge >= 0.3 is 5.97 Å². The number of carbonyl (C=O) groups is 1. The number of hydrogen-bond acceptors (Lipinski definition) is 4. The lowest BCUT2D eigenvalue weighted by Crippen LogP contribution is -2.46. The van der Waals surface area contributed by atoms with E-state index in [1.807, 2.05) is 18.2 Å². The Kier molecular flexibility index (Phi) is 4.12. The Balaban J connectivity index is 1.84. The molecule has 1 saturated heterocycles. The number of hydrogen-bond donors (Lipinski definition) is 0. The molecule has 0 bridgehead atoms. The number of benzene rings is 1. The Morgan fingerprint density at radius 2 is 1.82 bits per heavy atom. The maximum absolute atomic E-state index is 11.8. The van der Waals surface area contributed by atoms with Gasteiger partial charge in [-0.1, -0.05) is 25.1 Å². The van der Waals surface area contributed by atoms with Crippen molar-refractivity contribution in [1.82, 2.24) is 9.96 Å². The zero-order chi connectivity index (χ0) is 12.1. The van der Waals surface area contributed by atoms with Crippen molar-refractivity contribution in [1.29, 1.82) is 0 Å². The van der Waals surface area contributed by atoms with Crippen molar-refractivity contribution in [3.8, 4) is 0 Å². The smallest absolute Gasteiger partial charge is 0.357 e. The van der Waals surface area contributed by atoms with Gasteiger partial charge in [-0.25, -0.2) is 4.79 Å². The van der Waals surface area contributed by atoms with Gasteiger partial charge in [0, 0.05) is 26.2 Å². The van der Waals surface area contributed by atoms with Gasteiger partial charge in [0.05, 0.1) is 5.56 Å². The van der Waals surface area contributed by atoms with E-state index in [4.69, 9.17) is 4.84 Å². The van der Waals surface area contributed by atoms with Gasteiger partial charge in [0.25, 0.3) is 0 Å². The summed E-state index contributed by atoms with van der Waals surface area (Å²) in [4.78, 5) is 19.5. The fourth-order valence-corrected chi connectivity index (χ4v) is 1.88. The highest BCUT2D eigenvalue weighted by molar-refractivity contribution is 5.89. The van der Waals surface area contributed by atoms with Gasteiger partial charge in [-0.2, -0.15) is 0 Å². The number of carbonyl (C=O) groups excluding carboxylic acids is 1. The first-order chi connectivity index (χ1) is 8.29. The van der Waals surface area contributed by atoms with Crippen LogP contribution < -0.4 is 0 Å². The van der Waals surface area contributed by atoms with Crippen molar-refractivity contribution in [3.05, 3.63) is 35.9 Å². The molecule has 1 aromatic rings. The third-order valence-corrected chi connectivity index (χ3v) is 3.00. The number of piperazine rings is 1. The molecule has 4 nitrogen and oxygen atoms in total. The summed E-state index contributed by atoms with van der Waals surface area (Å²) in [5.41, 5.74) is 0.602. The van der Waals surface area contributed by atoms with Crippen molar-refractivity contribution in [2.24, 2.45) is 0 Å². The van der Waals surface area contributed by atoms with E-state index >= 15 is 0 Å². The second-order valence-corrected chi connectivity index (χ2v) is 4.11. The van der Waals surface area contributed by atoms with Crippen LogP contribution in [0, 0.1) is 0 Å². The van der Waals surface area contributed by atoms with Crippen LogP contribution >= 0.6 is 0 Å². The molecule has 17 heavy (non-hydrogen) atoms. The lowest BCUT2D eigenvalue weighted by Gasteiger charge is -2.32. The molecule has 0 atom stereocenters. The summed E-state index contributed by atoms with van der Waals surface area (Å²) in [6.45, 7) is 6.68. The molecular weight excluding hydrogens is 216 g/mol. The van der Waals surface area contributed by atoms with Crippen molar-refractivity contribution in [2.45, 2.75) is 6.92 Å². The summed E-state index contributed by atoms with van der Waals surface area (Å²) in [6, 6.07) is 9.10. The van der Waals surface area contributed by atoms with Crippen molar-refractivity contribution < 1.29 is 9.63 Å². The molecule has 1 fully saturated rings. The number of rotatable bonds is 3. The van der Waals surface area contributed by atoms with E-state index in [0.717, 1.165) is 32.7 Å². The molecule has 92 valence electrons. The molecule has 0 amide bonds. The monoisotopic (exact) mass is 234 g/mol. The van der Waals surface area contributed by atoms with Crippen LogP contribution in [0.4, 0.5) is 0 Å². The van der Waals surface area contributed by atoms with Gasteiger partial charge in [-0.15, -0.1) is 5.06 Å². The van der Waals surface area contributed by atoms with Crippen molar-refractivity contribution in [3.63, 3.8) is 0 Å². The standard InChI is InChI=1S/C13H18N2O2/c1-2-14-8-10-15(11-9-14)17-13(16)12-6-4-3-5-7-12/h3-7H,2,8-11H2,1H3. The molecule has 0 N–H and O–H groups in total. The second kappa shape index (κ2) is 5.80. The summed E-state index contributed by atoms with van der Waals surface area (Å²) in [5, 5.41) is 1.75. The average Bonchev–Trinajstić information content (AvgIpc) is 2.40. The van der Waals surface area contributed by atoms with Crippen LogP contribution in [0.25, 0.3) is 0 Å². The van der Waals surface area contributed by atoms with Gasteiger partial charge in [0.15, 0.2) is 0 Å². The Morgan fingerprint density at radius 1 is 1.18 bits per heavy atom. The Morgan fingerprint density at radius 3 is 2.41 bits per heavy atom. The molecule has 0 aliphatic carbocycles. The minimum atomic E-state index is -0.268. The molecule has 0 spiro atoms. The highest BCUT2D eigenvalue weighted by Gasteiger charge is 2.19. The maximum Gasteiger partial charge on any atom is 0.357 e. The fraction of sp³-hybridized carbons (Fsp3) is 0.462. The predicted molar refractivity (Wildman–Crippen MR) is 65.5 cm³/mol. The molecule has 0 radical (unpaired) electrons. The molecule has 4 heteroatoms. The predicted octanol–water partition coefficient (Wildman–Crippen LogP) is 1.40. The van der Waals surface area contributed by atoms with Crippen LogP contribution in [0.15, 0.2) is 30.3 Å². The Bertz CT molecular complexity index is 359. The van der Waals surface area contributed by atoms with Crippen LogP contribution in [0.1, 0.15) is 17.3 Å². The van der Waals surface area contributed by atoms with Crippen LogP contribution in [0.5, 0.6) is 0 Å². The first-order valence-electron chi connectivity index (χ1n) is 6.04. The minimum absolute atomic E-state index is 0.268. The Hall–Kier alpha value is -1.39. The summed E-state index contributed by atoms with van der Waals surface area (Å²) in [7, 11) is 0. The molecule has 1 heterocycles. The van der Waals surface area contributed by atoms with E-state index in [0.29, 0.717) is 5.56 Å². The summed E-state index contributed by atoms with van der Waals surface area (Å²) in [6.07, 6.45) is 0. The molecule has 2 rings (SSSR count). The van der Waals surface area contributed by atoms with Crippen LogP contribution in [-0.4, -0.2) is 48.7 Å². The number of likely N-dealkylation sites (N-methyl/N-ethyl adjacent to an activating group) is 1. The third kappa shape index (κ3) is 3.28. The highest BCUT2D eigenvalue weighted by atomic mass is 16.7. The van der Waals surface area contributed by atoms with Gasteiger partial charge < -0.3 is 9.74 Å². The van der Waals surface area contributed by atoms with Crippen LogP contribution in [-0.2, 0) is 4.84 Å². The first-order valence-corrected chi connectivity index (χ1v) is 6.04. The maximum atomic E-state index is 11.8. The quantitative estimate of drug-likeness (QED) is 0.791. The highest BCUT2D eigenvalue weighted by Crippen LogP contribution is 2.06. The van der Waals surface area contributed by atoms with Gasteiger partial charge in [0.2, 0.25) is 0 Å². The average molecular weight is 234 g/mol. The summed E-state index contributed by atoms with van der Waals surface area (Å²) < 4.78 is 0. The van der Waals surface area contributed by atoms with E-state index in [1.54, 1.807) is 17.2 Å². The molecule has 1 aromatic carbocycles. The van der Waals surface area contributed by atoms with E-state index in [-0.39, 0.29) is 5.97 Å². The molecular formula is C13H18N2O2. The van der Waals surface area contributed by atoms with Gasteiger partial charge in [-0.05, 0) is 18.7 Å². The summed E-state index contributed by atoms with van der Waals surface area (Å²) in [5.74, 6) is -0.268. The topological polar surface area (TPSA) is 32.8 Å². The molecule has 0 aromatic heterocycles. The van der Waals surface area contributed by atoms with E-state index < -0.39 is 0 Å². The molecule has 0 unspecified atom stereocenters. The second-order valence-electron chi connectivity index (χ2n) is 4.11.